The summed E-state index contributed by atoms with van der Waals surface area (Å²) in [5.41, 5.74) is 1.36. The highest BCUT2D eigenvalue weighted by Gasteiger charge is 2.45. The molecule has 4 N–H and O–H groups in total. The quantitative estimate of drug-likeness (QED) is 0.625. The van der Waals surface area contributed by atoms with Crippen LogP contribution in [0.4, 0.5) is 5.69 Å². The predicted octanol–water partition coefficient (Wildman–Crippen LogP) is 1.20. The minimum Gasteiger partial charge on any atom is -0.355 e. The summed E-state index contributed by atoms with van der Waals surface area (Å²) in [5, 5.41) is 5.56. The fraction of sp³-hybridized carbons (Fsp3) is 0.438. The Morgan fingerprint density at radius 3 is 2.57 bits per heavy atom. The molecule has 1 aromatic carbocycles. The number of carbonyl (C=O) groups is 2. The van der Waals surface area contributed by atoms with Crippen molar-refractivity contribution in [3.05, 3.63) is 28.7 Å². The summed E-state index contributed by atoms with van der Waals surface area (Å²) < 4.78 is 0. The molecule has 0 spiro atoms. The van der Waals surface area contributed by atoms with E-state index < -0.39 is 5.92 Å². The Morgan fingerprint density at radius 2 is 1.87 bits per heavy atom. The lowest BCUT2D eigenvalue weighted by atomic mass is 9.74. The second kappa shape index (κ2) is 5.26. The number of hydrogen-bond acceptors (Lipinski definition) is 3. The number of hydrogen-bond donors (Lipinski definition) is 4. The zero-order chi connectivity index (χ0) is 16.8. The lowest BCUT2D eigenvalue weighted by Crippen LogP contribution is -2.37. The second-order valence-corrected chi connectivity index (χ2v) is 7.02. The van der Waals surface area contributed by atoms with Crippen LogP contribution >= 0.6 is 0 Å². The zero-order valence-corrected chi connectivity index (χ0v) is 13.3. The number of fused-ring (bicyclic) bond motifs is 1. The SMILES string of the molecule is CC(C)(C)C1CNC(=O)C1C(=O)Nc1ccc2[nH]c(=O)[nH]c2c1. The van der Waals surface area contributed by atoms with Crippen molar-refractivity contribution in [3.8, 4) is 0 Å². The van der Waals surface area contributed by atoms with Crippen molar-refractivity contribution in [2.75, 3.05) is 11.9 Å². The molecule has 1 aliphatic heterocycles. The molecule has 0 saturated carbocycles. The number of carbonyl (C=O) groups excluding carboxylic acids is 2. The van der Waals surface area contributed by atoms with Gasteiger partial charge >= 0.3 is 5.69 Å². The van der Waals surface area contributed by atoms with Crippen LogP contribution in [0, 0.1) is 17.3 Å². The van der Waals surface area contributed by atoms with Crippen LogP contribution in [-0.2, 0) is 9.59 Å². The first-order valence-corrected chi connectivity index (χ1v) is 7.56. The van der Waals surface area contributed by atoms with Crippen LogP contribution in [0.15, 0.2) is 23.0 Å². The van der Waals surface area contributed by atoms with Crippen LogP contribution in [-0.4, -0.2) is 28.3 Å². The Morgan fingerprint density at radius 1 is 1.17 bits per heavy atom. The van der Waals surface area contributed by atoms with Gasteiger partial charge in [0.25, 0.3) is 0 Å². The third-order valence-corrected chi connectivity index (χ3v) is 4.36. The van der Waals surface area contributed by atoms with E-state index in [4.69, 9.17) is 0 Å². The molecule has 2 unspecified atom stereocenters. The van der Waals surface area contributed by atoms with Gasteiger partial charge in [-0.05, 0) is 23.6 Å². The zero-order valence-electron chi connectivity index (χ0n) is 13.3. The lowest BCUT2D eigenvalue weighted by molar-refractivity contribution is -0.132. The number of aromatic amines is 2. The Balaban J connectivity index is 1.84. The molecule has 2 amide bonds. The number of H-pyrrole nitrogens is 2. The number of aromatic nitrogens is 2. The van der Waals surface area contributed by atoms with Crippen molar-refractivity contribution in [2.45, 2.75) is 20.8 Å². The maximum absolute atomic E-state index is 12.6. The summed E-state index contributed by atoms with van der Waals surface area (Å²) in [7, 11) is 0. The molecule has 122 valence electrons. The van der Waals surface area contributed by atoms with E-state index in [1.807, 2.05) is 20.8 Å². The third-order valence-electron chi connectivity index (χ3n) is 4.36. The van der Waals surface area contributed by atoms with E-state index in [1.165, 1.54) is 0 Å². The number of benzene rings is 1. The van der Waals surface area contributed by atoms with E-state index in [9.17, 15) is 14.4 Å². The minimum absolute atomic E-state index is 0.0641. The summed E-state index contributed by atoms with van der Waals surface area (Å²) in [5.74, 6) is -1.34. The molecule has 2 atom stereocenters. The van der Waals surface area contributed by atoms with Gasteiger partial charge in [0.1, 0.15) is 5.92 Å². The fourth-order valence-corrected chi connectivity index (χ4v) is 3.06. The molecule has 7 heteroatoms. The molecule has 7 nitrogen and oxygen atoms in total. The van der Waals surface area contributed by atoms with E-state index in [0.717, 1.165) is 0 Å². The normalized spacial score (nSPS) is 21.4. The average molecular weight is 316 g/mol. The van der Waals surface area contributed by atoms with E-state index in [-0.39, 0.29) is 28.8 Å². The van der Waals surface area contributed by atoms with Crippen molar-refractivity contribution < 1.29 is 9.59 Å². The lowest BCUT2D eigenvalue weighted by Gasteiger charge is -2.29. The third kappa shape index (κ3) is 2.86. The summed E-state index contributed by atoms with van der Waals surface area (Å²) in [4.78, 5) is 41.2. The second-order valence-electron chi connectivity index (χ2n) is 7.02. The molecule has 1 saturated heterocycles. The molecule has 0 aliphatic carbocycles. The Labute approximate surface area is 132 Å². The highest BCUT2D eigenvalue weighted by Crippen LogP contribution is 2.35. The van der Waals surface area contributed by atoms with Gasteiger partial charge < -0.3 is 20.6 Å². The van der Waals surface area contributed by atoms with Gasteiger partial charge in [0.15, 0.2) is 0 Å². The number of imidazole rings is 1. The molecule has 2 aromatic rings. The first-order valence-electron chi connectivity index (χ1n) is 7.56. The van der Waals surface area contributed by atoms with Crippen LogP contribution < -0.4 is 16.3 Å². The molecule has 3 rings (SSSR count). The number of rotatable bonds is 2. The smallest absolute Gasteiger partial charge is 0.323 e. The first kappa shape index (κ1) is 15.3. The maximum atomic E-state index is 12.6. The van der Waals surface area contributed by atoms with Crippen LogP contribution in [0.2, 0.25) is 0 Å². The van der Waals surface area contributed by atoms with Gasteiger partial charge in [-0.2, -0.15) is 0 Å². The monoisotopic (exact) mass is 316 g/mol. The Hall–Kier alpha value is -2.57. The van der Waals surface area contributed by atoms with Crippen molar-refractivity contribution in [1.29, 1.82) is 0 Å². The van der Waals surface area contributed by atoms with Crippen LogP contribution in [0.25, 0.3) is 11.0 Å². The van der Waals surface area contributed by atoms with E-state index in [0.29, 0.717) is 23.3 Å². The van der Waals surface area contributed by atoms with E-state index >= 15 is 0 Å². The van der Waals surface area contributed by atoms with E-state index in [2.05, 4.69) is 20.6 Å². The molecule has 0 bridgehead atoms. The van der Waals surface area contributed by atoms with Crippen molar-refractivity contribution >= 4 is 28.5 Å². The van der Waals surface area contributed by atoms with Gasteiger partial charge in [-0.25, -0.2) is 4.79 Å². The minimum atomic E-state index is -0.712. The van der Waals surface area contributed by atoms with Gasteiger partial charge in [-0.1, -0.05) is 20.8 Å². The van der Waals surface area contributed by atoms with Crippen LogP contribution in [0.1, 0.15) is 20.8 Å². The molecule has 1 aromatic heterocycles. The number of nitrogens with one attached hydrogen (secondary N) is 4. The van der Waals surface area contributed by atoms with Crippen molar-refractivity contribution in [2.24, 2.45) is 17.3 Å². The van der Waals surface area contributed by atoms with Gasteiger partial charge in [-0.3, -0.25) is 9.59 Å². The molecular weight excluding hydrogens is 296 g/mol. The van der Waals surface area contributed by atoms with Crippen LogP contribution in [0.3, 0.4) is 0 Å². The molecule has 2 heterocycles. The van der Waals surface area contributed by atoms with Crippen LogP contribution in [0.5, 0.6) is 0 Å². The molecule has 0 radical (unpaired) electrons. The molecule has 1 aliphatic rings. The highest BCUT2D eigenvalue weighted by molar-refractivity contribution is 6.08. The maximum Gasteiger partial charge on any atom is 0.323 e. The Bertz CT molecular complexity index is 828. The van der Waals surface area contributed by atoms with Gasteiger partial charge in [0.2, 0.25) is 11.8 Å². The van der Waals surface area contributed by atoms with Gasteiger partial charge in [-0.15, -0.1) is 0 Å². The topological polar surface area (TPSA) is 107 Å². The fourth-order valence-electron chi connectivity index (χ4n) is 3.06. The summed E-state index contributed by atoms with van der Waals surface area (Å²) in [6.45, 7) is 6.57. The van der Waals surface area contributed by atoms with Gasteiger partial charge in [0.05, 0.1) is 11.0 Å². The van der Waals surface area contributed by atoms with Crippen molar-refractivity contribution in [3.63, 3.8) is 0 Å². The number of anilines is 1. The van der Waals surface area contributed by atoms with Crippen molar-refractivity contribution in [1.82, 2.24) is 15.3 Å². The number of amides is 2. The summed E-state index contributed by atoms with van der Waals surface area (Å²) in [6, 6.07) is 5.08. The highest BCUT2D eigenvalue weighted by atomic mass is 16.2. The standard InChI is InChI=1S/C16H20N4O3/c1-16(2,3)9-7-17-13(21)12(9)14(22)18-8-4-5-10-11(6-8)20-15(23)19-10/h4-6,9,12H,7H2,1-3H3,(H,17,21)(H,18,22)(H2,19,20,23). The molecule has 23 heavy (non-hydrogen) atoms. The van der Waals surface area contributed by atoms with Gasteiger partial charge in [0, 0.05) is 18.2 Å². The summed E-state index contributed by atoms with van der Waals surface area (Å²) in [6.07, 6.45) is 0. The predicted molar refractivity (Wildman–Crippen MR) is 87.0 cm³/mol. The van der Waals surface area contributed by atoms with E-state index in [1.54, 1.807) is 18.2 Å². The molecule has 1 fully saturated rings. The first-order chi connectivity index (χ1) is 10.8. The largest absolute Gasteiger partial charge is 0.355 e. The summed E-state index contributed by atoms with van der Waals surface area (Å²) >= 11 is 0. The average Bonchev–Trinajstić information content (AvgIpc) is 2.99. The molecular formula is C16H20N4O3. The Kier molecular flexibility index (Phi) is 3.50.